The van der Waals surface area contributed by atoms with Crippen molar-refractivity contribution in [2.75, 3.05) is 18.0 Å². The second-order valence-corrected chi connectivity index (χ2v) is 8.45. The first kappa shape index (κ1) is 20.0. The molecule has 4 rings (SSSR count). The normalized spacial score (nSPS) is 17.3. The molecule has 1 fully saturated rings. The number of ketones is 1. The van der Waals surface area contributed by atoms with Gasteiger partial charge in [0, 0.05) is 43.7 Å². The molecule has 1 N–H and O–H groups in total. The molecule has 9 nitrogen and oxygen atoms in total. The SMILES string of the molecule is CC(C)(O)Cn1cc(CC(=O)c2cnn3cccnc23)c(N2CCCC(C#N)C2)n1. The van der Waals surface area contributed by atoms with Crippen molar-refractivity contribution in [3.05, 3.63) is 42.0 Å². The lowest BCUT2D eigenvalue weighted by molar-refractivity contribution is 0.0578. The van der Waals surface area contributed by atoms with Gasteiger partial charge in [-0.05, 0) is 32.8 Å². The molecule has 0 spiro atoms. The van der Waals surface area contributed by atoms with E-state index < -0.39 is 5.60 Å². The fourth-order valence-corrected chi connectivity index (χ4v) is 3.89. The molecule has 1 unspecified atom stereocenters. The van der Waals surface area contributed by atoms with Crippen LogP contribution in [0, 0.1) is 17.2 Å². The second kappa shape index (κ2) is 7.88. The highest BCUT2D eigenvalue weighted by Gasteiger charge is 2.27. The average Bonchev–Trinajstić information content (AvgIpc) is 3.30. The van der Waals surface area contributed by atoms with E-state index in [0.717, 1.165) is 24.9 Å². The second-order valence-electron chi connectivity index (χ2n) is 8.45. The molecule has 3 aromatic heterocycles. The van der Waals surface area contributed by atoms with Gasteiger partial charge >= 0.3 is 0 Å². The van der Waals surface area contributed by atoms with E-state index >= 15 is 0 Å². The topological polar surface area (TPSA) is 112 Å². The molecule has 0 bridgehead atoms. The maximum absolute atomic E-state index is 13.1. The van der Waals surface area contributed by atoms with Crippen molar-refractivity contribution >= 4 is 17.2 Å². The minimum absolute atomic E-state index is 0.0504. The van der Waals surface area contributed by atoms with Gasteiger partial charge < -0.3 is 10.0 Å². The lowest BCUT2D eigenvalue weighted by Crippen LogP contribution is -2.36. The van der Waals surface area contributed by atoms with Crippen LogP contribution in [-0.2, 0) is 13.0 Å². The molecular weight excluding hydrogens is 382 g/mol. The third-order valence-electron chi connectivity index (χ3n) is 5.20. The number of hydrogen-bond donors (Lipinski definition) is 1. The average molecular weight is 407 g/mol. The molecule has 0 saturated carbocycles. The zero-order valence-electron chi connectivity index (χ0n) is 17.2. The lowest BCUT2D eigenvalue weighted by atomic mass is 9.99. The smallest absolute Gasteiger partial charge is 0.172 e. The van der Waals surface area contributed by atoms with Crippen LogP contribution in [0.1, 0.15) is 42.6 Å². The fourth-order valence-electron chi connectivity index (χ4n) is 3.89. The van der Waals surface area contributed by atoms with Gasteiger partial charge in [-0.3, -0.25) is 9.48 Å². The van der Waals surface area contributed by atoms with Crippen molar-refractivity contribution in [1.29, 1.82) is 5.26 Å². The van der Waals surface area contributed by atoms with Crippen LogP contribution in [0.5, 0.6) is 0 Å². The quantitative estimate of drug-likeness (QED) is 0.621. The number of carbonyl (C=O) groups excluding carboxylic acids is 1. The van der Waals surface area contributed by atoms with Gasteiger partial charge in [-0.15, -0.1) is 0 Å². The Balaban J connectivity index is 1.65. The summed E-state index contributed by atoms with van der Waals surface area (Å²) in [6.45, 7) is 5.13. The Hall–Kier alpha value is -3.25. The molecular formula is C21H25N7O2. The Morgan fingerprint density at radius 3 is 3.03 bits per heavy atom. The van der Waals surface area contributed by atoms with Crippen LogP contribution < -0.4 is 4.90 Å². The number of aliphatic hydroxyl groups is 1. The highest BCUT2D eigenvalue weighted by molar-refractivity contribution is 6.02. The molecule has 0 radical (unpaired) electrons. The number of carbonyl (C=O) groups is 1. The molecule has 9 heteroatoms. The highest BCUT2D eigenvalue weighted by Crippen LogP contribution is 2.27. The number of hydrogen-bond acceptors (Lipinski definition) is 7. The van der Waals surface area contributed by atoms with Crippen molar-refractivity contribution < 1.29 is 9.90 Å². The number of nitriles is 1. The Bertz CT molecular complexity index is 1100. The third-order valence-corrected chi connectivity index (χ3v) is 5.20. The van der Waals surface area contributed by atoms with Crippen LogP contribution in [-0.4, -0.2) is 54.0 Å². The molecule has 3 aromatic rings. The first-order valence-electron chi connectivity index (χ1n) is 10.1. The van der Waals surface area contributed by atoms with Crippen molar-refractivity contribution in [2.45, 2.75) is 45.3 Å². The largest absolute Gasteiger partial charge is 0.389 e. The number of aromatic nitrogens is 5. The van der Waals surface area contributed by atoms with Crippen LogP contribution >= 0.6 is 0 Å². The summed E-state index contributed by atoms with van der Waals surface area (Å²) in [7, 11) is 0. The molecule has 0 amide bonds. The van der Waals surface area contributed by atoms with Gasteiger partial charge in [-0.1, -0.05) is 0 Å². The zero-order valence-corrected chi connectivity index (χ0v) is 17.2. The van der Waals surface area contributed by atoms with Gasteiger partial charge in [0.15, 0.2) is 17.2 Å². The predicted octanol–water partition coefficient (Wildman–Crippen LogP) is 1.86. The monoisotopic (exact) mass is 407 g/mol. The summed E-state index contributed by atoms with van der Waals surface area (Å²) >= 11 is 0. The van der Waals surface area contributed by atoms with Crippen molar-refractivity contribution in [3.8, 4) is 6.07 Å². The van der Waals surface area contributed by atoms with Gasteiger partial charge in [0.25, 0.3) is 0 Å². The van der Waals surface area contributed by atoms with E-state index in [4.69, 9.17) is 0 Å². The highest BCUT2D eigenvalue weighted by atomic mass is 16.3. The maximum atomic E-state index is 13.1. The van der Waals surface area contributed by atoms with Crippen LogP contribution in [0.15, 0.2) is 30.9 Å². The molecule has 0 aliphatic carbocycles. The van der Waals surface area contributed by atoms with Gasteiger partial charge in [0.2, 0.25) is 0 Å². The van der Waals surface area contributed by atoms with Crippen molar-refractivity contribution in [2.24, 2.45) is 5.92 Å². The Kier molecular flexibility index (Phi) is 5.26. The van der Waals surface area contributed by atoms with E-state index in [1.165, 1.54) is 6.20 Å². The molecule has 1 atom stereocenters. The summed E-state index contributed by atoms with van der Waals surface area (Å²) in [5.41, 5.74) is 0.826. The zero-order chi connectivity index (χ0) is 21.3. The first-order valence-corrected chi connectivity index (χ1v) is 10.1. The Labute approximate surface area is 174 Å². The number of piperidine rings is 1. The van der Waals surface area contributed by atoms with Gasteiger partial charge in [-0.25, -0.2) is 9.50 Å². The van der Waals surface area contributed by atoms with Crippen LogP contribution in [0.4, 0.5) is 5.82 Å². The third kappa shape index (κ3) is 4.19. The minimum atomic E-state index is -0.936. The summed E-state index contributed by atoms with van der Waals surface area (Å²) in [4.78, 5) is 19.4. The van der Waals surface area contributed by atoms with E-state index in [0.29, 0.717) is 30.1 Å². The standard InChI is InChI=1S/C21H25N7O2/c1-21(2,30)14-27-13-16(19(25-27)26-7-3-5-15(10-22)12-26)9-18(29)17-11-24-28-8-4-6-23-20(17)28/h4,6,8,11,13,15,30H,3,5,7,9,12,14H2,1-2H3. The summed E-state index contributed by atoms with van der Waals surface area (Å²) in [5.74, 6) is 0.559. The molecule has 30 heavy (non-hydrogen) atoms. The Morgan fingerprint density at radius 1 is 1.43 bits per heavy atom. The summed E-state index contributed by atoms with van der Waals surface area (Å²) in [6.07, 6.45) is 8.67. The number of anilines is 1. The van der Waals surface area contributed by atoms with E-state index in [9.17, 15) is 15.2 Å². The lowest BCUT2D eigenvalue weighted by Gasteiger charge is -2.30. The van der Waals surface area contributed by atoms with E-state index in [2.05, 4.69) is 26.2 Å². The summed E-state index contributed by atoms with van der Waals surface area (Å²) < 4.78 is 3.26. The van der Waals surface area contributed by atoms with Gasteiger partial charge in [0.05, 0.1) is 35.9 Å². The first-order chi connectivity index (χ1) is 14.3. The van der Waals surface area contributed by atoms with Gasteiger partial charge in [0.1, 0.15) is 0 Å². The molecule has 1 saturated heterocycles. The maximum Gasteiger partial charge on any atom is 0.172 e. The number of nitrogens with zero attached hydrogens (tertiary/aromatic N) is 7. The number of fused-ring (bicyclic) bond motifs is 1. The number of Topliss-reactive ketones (excluding diaryl/α,β-unsaturated/α-hetero) is 1. The van der Waals surface area contributed by atoms with Gasteiger partial charge in [-0.2, -0.15) is 15.5 Å². The Morgan fingerprint density at radius 2 is 2.27 bits per heavy atom. The molecule has 156 valence electrons. The fraction of sp³-hybridized carbons (Fsp3) is 0.476. The van der Waals surface area contributed by atoms with Crippen molar-refractivity contribution in [1.82, 2.24) is 24.4 Å². The molecule has 4 heterocycles. The molecule has 0 aromatic carbocycles. The van der Waals surface area contributed by atoms with Crippen LogP contribution in [0.25, 0.3) is 5.65 Å². The summed E-state index contributed by atoms with van der Waals surface area (Å²) in [5, 5.41) is 28.4. The summed E-state index contributed by atoms with van der Waals surface area (Å²) in [6, 6.07) is 4.11. The molecule has 1 aliphatic rings. The minimum Gasteiger partial charge on any atom is -0.389 e. The van der Waals surface area contributed by atoms with Crippen LogP contribution in [0.3, 0.4) is 0 Å². The number of rotatable bonds is 6. The predicted molar refractivity (Wildman–Crippen MR) is 110 cm³/mol. The van der Waals surface area contributed by atoms with Crippen molar-refractivity contribution in [3.63, 3.8) is 0 Å². The van der Waals surface area contributed by atoms with E-state index in [1.807, 2.05) is 6.20 Å². The molecule has 1 aliphatic heterocycles. The van der Waals surface area contributed by atoms with E-state index in [-0.39, 0.29) is 18.1 Å². The van der Waals surface area contributed by atoms with E-state index in [1.54, 1.807) is 41.5 Å². The van der Waals surface area contributed by atoms with Crippen LogP contribution in [0.2, 0.25) is 0 Å².